The average molecular weight is 347 g/mol. The summed E-state index contributed by atoms with van der Waals surface area (Å²) in [5.74, 6) is 0.777. The first-order valence-electron chi connectivity index (χ1n) is 7.28. The lowest BCUT2D eigenvalue weighted by atomic mass is 10.1. The van der Waals surface area contributed by atoms with Gasteiger partial charge in [-0.3, -0.25) is 4.98 Å². The van der Waals surface area contributed by atoms with Crippen LogP contribution in [0.25, 0.3) is 10.9 Å². The van der Waals surface area contributed by atoms with Crippen molar-refractivity contribution in [2.24, 2.45) is 0 Å². The molecular weight excluding hydrogens is 331 g/mol. The minimum absolute atomic E-state index is 0.594. The van der Waals surface area contributed by atoms with Crippen molar-refractivity contribution in [3.8, 4) is 5.75 Å². The van der Waals surface area contributed by atoms with E-state index < -0.39 is 0 Å². The molecule has 5 heteroatoms. The summed E-state index contributed by atoms with van der Waals surface area (Å²) in [6.07, 6.45) is 2.52. The number of pyridine rings is 1. The minimum Gasteiger partial charge on any atom is -0.497 e. The first kappa shape index (κ1) is 15.9. The topological polar surface area (TPSA) is 34.1 Å². The maximum atomic E-state index is 6.32. The molecule has 2 aromatic carbocycles. The van der Waals surface area contributed by atoms with Gasteiger partial charge in [-0.05, 0) is 42.3 Å². The van der Waals surface area contributed by atoms with E-state index in [9.17, 15) is 0 Å². The van der Waals surface area contributed by atoms with Crippen molar-refractivity contribution >= 4 is 39.8 Å². The fourth-order valence-corrected chi connectivity index (χ4v) is 2.91. The Morgan fingerprint density at radius 1 is 1.13 bits per heavy atom. The molecule has 0 fully saturated rings. The predicted molar refractivity (Wildman–Crippen MR) is 97.0 cm³/mol. The van der Waals surface area contributed by atoms with Crippen LogP contribution < -0.4 is 10.1 Å². The molecule has 0 aliphatic heterocycles. The molecular formula is C18H16Cl2N2O. The highest BCUT2D eigenvalue weighted by atomic mass is 35.5. The van der Waals surface area contributed by atoms with Crippen molar-refractivity contribution in [3.05, 3.63) is 64.3 Å². The molecule has 118 valence electrons. The smallest absolute Gasteiger partial charge is 0.119 e. The summed E-state index contributed by atoms with van der Waals surface area (Å²) in [4.78, 5) is 4.35. The Balaban J connectivity index is 1.82. The van der Waals surface area contributed by atoms with Crippen LogP contribution in [0.15, 0.2) is 48.7 Å². The Morgan fingerprint density at radius 3 is 2.78 bits per heavy atom. The summed E-state index contributed by atoms with van der Waals surface area (Å²) in [5, 5.41) is 5.70. The molecule has 3 aromatic rings. The van der Waals surface area contributed by atoms with Gasteiger partial charge in [0, 0.05) is 23.2 Å². The maximum absolute atomic E-state index is 6.32. The summed E-state index contributed by atoms with van der Waals surface area (Å²) in [6, 6.07) is 13.6. The van der Waals surface area contributed by atoms with Crippen LogP contribution in [0.4, 0.5) is 5.69 Å². The van der Waals surface area contributed by atoms with Crippen LogP contribution in [-0.4, -0.2) is 18.6 Å². The molecule has 0 saturated heterocycles. The van der Waals surface area contributed by atoms with Crippen molar-refractivity contribution in [2.45, 2.75) is 6.42 Å². The van der Waals surface area contributed by atoms with Crippen molar-refractivity contribution in [2.75, 3.05) is 19.0 Å². The number of benzene rings is 2. The van der Waals surface area contributed by atoms with E-state index in [-0.39, 0.29) is 0 Å². The highest BCUT2D eigenvalue weighted by Gasteiger charge is 2.08. The van der Waals surface area contributed by atoms with Crippen molar-refractivity contribution < 1.29 is 4.74 Å². The van der Waals surface area contributed by atoms with Gasteiger partial charge in [-0.2, -0.15) is 0 Å². The van der Waals surface area contributed by atoms with Gasteiger partial charge in [0.2, 0.25) is 0 Å². The van der Waals surface area contributed by atoms with Gasteiger partial charge in [0.15, 0.2) is 0 Å². The maximum Gasteiger partial charge on any atom is 0.119 e. The Morgan fingerprint density at radius 2 is 2.00 bits per heavy atom. The van der Waals surface area contributed by atoms with Crippen LogP contribution in [-0.2, 0) is 6.42 Å². The third-order valence-corrected chi connectivity index (χ3v) is 4.16. The third-order valence-electron chi connectivity index (χ3n) is 3.63. The Labute approximate surface area is 145 Å². The number of rotatable bonds is 5. The zero-order valence-electron chi connectivity index (χ0n) is 12.6. The number of nitrogens with zero attached hydrogens (tertiary/aromatic N) is 1. The van der Waals surface area contributed by atoms with Crippen LogP contribution in [0.3, 0.4) is 0 Å². The summed E-state index contributed by atoms with van der Waals surface area (Å²) in [7, 11) is 1.64. The second kappa shape index (κ2) is 7.07. The minimum atomic E-state index is 0.594. The lowest BCUT2D eigenvalue weighted by Crippen LogP contribution is -2.06. The highest BCUT2D eigenvalue weighted by molar-refractivity contribution is 6.34. The fourth-order valence-electron chi connectivity index (χ4n) is 2.48. The first-order chi connectivity index (χ1) is 11.2. The largest absolute Gasteiger partial charge is 0.497 e. The molecule has 3 rings (SSSR count). The zero-order valence-corrected chi connectivity index (χ0v) is 14.2. The lowest BCUT2D eigenvalue weighted by Gasteiger charge is -2.12. The number of aromatic nitrogens is 1. The van der Waals surface area contributed by atoms with Crippen LogP contribution in [0.1, 0.15) is 5.56 Å². The monoisotopic (exact) mass is 346 g/mol. The number of anilines is 1. The van der Waals surface area contributed by atoms with Gasteiger partial charge in [-0.1, -0.05) is 35.3 Å². The number of nitrogens with one attached hydrogen (secondary N) is 1. The molecule has 0 aliphatic rings. The Hall–Kier alpha value is -1.97. The summed E-state index contributed by atoms with van der Waals surface area (Å²) >= 11 is 12.3. The van der Waals surface area contributed by atoms with E-state index in [2.05, 4.69) is 16.4 Å². The molecule has 0 amide bonds. The van der Waals surface area contributed by atoms with Crippen molar-refractivity contribution in [3.63, 3.8) is 0 Å². The van der Waals surface area contributed by atoms with Crippen LogP contribution in [0, 0.1) is 0 Å². The first-order valence-corrected chi connectivity index (χ1v) is 8.03. The van der Waals surface area contributed by atoms with Crippen LogP contribution >= 0.6 is 23.2 Å². The number of fused-ring (bicyclic) bond motifs is 1. The zero-order chi connectivity index (χ0) is 16.2. The van der Waals surface area contributed by atoms with Gasteiger partial charge in [-0.25, -0.2) is 0 Å². The Kier molecular flexibility index (Phi) is 4.89. The average Bonchev–Trinajstić information content (AvgIpc) is 2.56. The third kappa shape index (κ3) is 3.69. The summed E-state index contributed by atoms with van der Waals surface area (Å²) in [6.45, 7) is 0.746. The van der Waals surface area contributed by atoms with E-state index in [1.54, 1.807) is 13.3 Å². The normalized spacial score (nSPS) is 10.7. The standard InChI is InChI=1S/C18H16Cl2N2O/c1-23-14-5-6-17-15(10-14)18(16(20)11-22-17)21-8-7-12-3-2-4-13(19)9-12/h2-6,9-11H,7-8H2,1H3,(H,21,22). The number of methoxy groups -OCH3 is 1. The molecule has 0 spiro atoms. The molecule has 1 N–H and O–H groups in total. The van der Waals surface area contributed by atoms with Gasteiger partial charge in [0.25, 0.3) is 0 Å². The number of ether oxygens (including phenoxy) is 1. The Bertz CT molecular complexity index is 836. The lowest BCUT2D eigenvalue weighted by molar-refractivity contribution is 0.415. The van der Waals surface area contributed by atoms with Crippen LogP contribution in [0.5, 0.6) is 5.75 Å². The van der Waals surface area contributed by atoms with E-state index in [4.69, 9.17) is 27.9 Å². The summed E-state index contributed by atoms with van der Waals surface area (Å²) < 4.78 is 5.29. The second-order valence-electron chi connectivity index (χ2n) is 5.17. The molecule has 23 heavy (non-hydrogen) atoms. The van der Waals surface area contributed by atoms with Crippen molar-refractivity contribution in [1.29, 1.82) is 0 Å². The van der Waals surface area contributed by atoms with Gasteiger partial charge in [-0.15, -0.1) is 0 Å². The quantitative estimate of drug-likeness (QED) is 0.688. The molecule has 0 atom stereocenters. The van der Waals surface area contributed by atoms with Gasteiger partial charge in [0.1, 0.15) is 5.75 Å². The van der Waals surface area contributed by atoms with E-state index >= 15 is 0 Å². The summed E-state index contributed by atoms with van der Waals surface area (Å²) in [5.41, 5.74) is 2.93. The van der Waals surface area contributed by atoms with E-state index in [1.807, 2.05) is 36.4 Å². The molecule has 0 saturated carbocycles. The molecule has 0 radical (unpaired) electrons. The van der Waals surface area contributed by atoms with E-state index in [0.29, 0.717) is 5.02 Å². The van der Waals surface area contributed by atoms with Gasteiger partial charge >= 0.3 is 0 Å². The van der Waals surface area contributed by atoms with Gasteiger partial charge in [0.05, 0.1) is 23.3 Å². The molecule has 1 heterocycles. The molecule has 0 unspecified atom stereocenters. The number of hydrogen-bond acceptors (Lipinski definition) is 3. The SMILES string of the molecule is COc1ccc2ncc(Cl)c(NCCc3cccc(Cl)c3)c2c1. The predicted octanol–water partition coefficient (Wildman–Crippen LogP) is 5.20. The van der Waals surface area contributed by atoms with Gasteiger partial charge < -0.3 is 10.1 Å². The van der Waals surface area contributed by atoms with E-state index in [0.717, 1.165) is 40.3 Å². The molecule has 0 bridgehead atoms. The highest BCUT2D eigenvalue weighted by Crippen LogP contribution is 2.32. The number of halogens is 2. The fraction of sp³-hybridized carbons (Fsp3) is 0.167. The van der Waals surface area contributed by atoms with E-state index in [1.165, 1.54) is 5.56 Å². The van der Waals surface area contributed by atoms with Crippen molar-refractivity contribution in [1.82, 2.24) is 4.98 Å². The molecule has 0 aliphatic carbocycles. The molecule has 1 aromatic heterocycles. The second-order valence-corrected chi connectivity index (χ2v) is 6.01. The van der Waals surface area contributed by atoms with Crippen LogP contribution in [0.2, 0.25) is 10.0 Å². The molecule has 3 nitrogen and oxygen atoms in total. The number of hydrogen-bond donors (Lipinski definition) is 1.